The van der Waals surface area contributed by atoms with E-state index in [4.69, 9.17) is 79.3 Å². The second-order valence-electron chi connectivity index (χ2n) is 25.7. The molecule has 6 aliphatic rings. The van der Waals surface area contributed by atoms with E-state index in [1.54, 1.807) is 69.7 Å². The Morgan fingerprint density at radius 3 is 1.15 bits per heavy atom. The number of urea groups is 3. The standard InChI is InChI=1S/3C24H25ClN6O4/c1-14-8-15(2-5-26-14)22-19(25)10-20-23(29-22)31(16-4-7-30(20)11-16)24(34)28-21-9-18(3-6-27-21)35-13-17(33)12-32;2*1-14-8-15(2-5-26-14)22-19(25)10-20-23(29-22)31(17-4-7-30(20)11-17)24(34)28-16-3-6-27-21(9-16)35-13-18(33)12-32/h2-3,5-6,8-10,16-17,32-33H,4,7,11-13H2,1H3,(H,27,28,34);2*2-3,5-6,8-10,17-18,32-33H,4,7,11-13H2,1H3,(H,27,28,34)/t16-,17+;17-,18+;17-,18-/m000/s1. The molecular formula is C72H75Cl3N18O12. The highest BCUT2D eigenvalue weighted by Gasteiger charge is 2.44. The highest BCUT2D eigenvalue weighted by Crippen LogP contribution is 2.47. The van der Waals surface area contributed by atoms with Crippen LogP contribution < -0.4 is 59.6 Å². The number of pyridine rings is 9. The highest BCUT2D eigenvalue weighted by atomic mass is 35.5. The summed E-state index contributed by atoms with van der Waals surface area (Å²) in [7, 11) is 0. The quantitative estimate of drug-likeness (QED) is 0.0388. The fourth-order valence-corrected chi connectivity index (χ4v) is 13.9. The number of halogens is 3. The van der Waals surface area contributed by atoms with E-state index in [2.05, 4.69) is 60.6 Å². The molecule has 9 N–H and O–H groups in total. The van der Waals surface area contributed by atoms with Crippen molar-refractivity contribution in [2.75, 3.05) is 124 Å². The molecular weight excluding hydrogens is 1420 g/mol. The number of rotatable bonds is 18. The van der Waals surface area contributed by atoms with Crippen LogP contribution in [0.25, 0.3) is 33.8 Å². The first-order valence-electron chi connectivity index (χ1n) is 33.9. The summed E-state index contributed by atoms with van der Waals surface area (Å²) in [4.78, 5) is 91.9. The highest BCUT2D eigenvalue weighted by molar-refractivity contribution is 6.34. The number of anilines is 9. The molecule has 15 heterocycles. The Kier molecular flexibility index (Phi) is 22.4. The van der Waals surface area contributed by atoms with Crippen LogP contribution in [0, 0.1) is 20.8 Å². The van der Waals surface area contributed by atoms with E-state index < -0.39 is 38.1 Å². The van der Waals surface area contributed by atoms with Gasteiger partial charge in [-0.1, -0.05) is 34.8 Å². The molecule has 0 unspecified atom stereocenters. The van der Waals surface area contributed by atoms with Gasteiger partial charge in [-0.2, -0.15) is 0 Å². The first kappa shape index (κ1) is 72.9. The maximum absolute atomic E-state index is 13.5. The predicted octanol–water partition coefficient (Wildman–Crippen LogP) is 8.59. The molecule has 546 valence electrons. The number of aliphatic hydroxyl groups excluding tert-OH is 6. The molecule has 0 aliphatic carbocycles. The van der Waals surface area contributed by atoms with Crippen LogP contribution in [0.5, 0.6) is 17.5 Å². The van der Waals surface area contributed by atoms with Crippen LogP contribution in [0.15, 0.2) is 128 Å². The molecule has 6 bridgehead atoms. The zero-order valence-corrected chi connectivity index (χ0v) is 59.4. The van der Waals surface area contributed by atoms with Crippen LogP contribution in [0.3, 0.4) is 0 Å². The minimum Gasteiger partial charge on any atom is -0.491 e. The second-order valence-corrected chi connectivity index (χ2v) is 26.9. The molecule has 6 aliphatic heterocycles. The molecule has 0 aromatic carbocycles. The summed E-state index contributed by atoms with van der Waals surface area (Å²) in [5.41, 5.74) is 10.2. The Balaban J connectivity index is 0.000000140. The second kappa shape index (κ2) is 32.3. The third-order valence-corrected chi connectivity index (χ3v) is 19.0. The summed E-state index contributed by atoms with van der Waals surface area (Å²) in [6.45, 7) is 8.71. The fourth-order valence-electron chi connectivity index (χ4n) is 13.1. The maximum Gasteiger partial charge on any atom is 0.329 e. The number of carbonyl (C=O) groups excluding carboxylic acids is 3. The Labute approximate surface area is 617 Å². The third kappa shape index (κ3) is 16.6. The van der Waals surface area contributed by atoms with Crippen molar-refractivity contribution in [2.24, 2.45) is 0 Å². The number of nitrogens with zero attached hydrogens (tertiary/aromatic N) is 15. The van der Waals surface area contributed by atoms with Gasteiger partial charge in [-0.3, -0.25) is 35.0 Å². The zero-order valence-electron chi connectivity index (χ0n) is 57.2. The van der Waals surface area contributed by atoms with Crippen LogP contribution in [-0.2, 0) is 0 Å². The molecule has 6 amide bonds. The summed E-state index contributed by atoms with van der Waals surface area (Å²) < 4.78 is 16.3. The number of amides is 6. The average Bonchev–Trinajstić information content (AvgIpc) is 1.67. The first-order chi connectivity index (χ1) is 50.8. The van der Waals surface area contributed by atoms with Gasteiger partial charge in [0.25, 0.3) is 0 Å². The molecule has 6 atom stereocenters. The van der Waals surface area contributed by atoms with Gasteiger partial charge >= 0.3 is 18.1 Å². The Morgan fingerprint density at radius 1 is 0.448 bits per heavy atom. The molecule has 3 fully saturated rings. The molecule has 9 aromatic heterocycles. The Morgan fingerprint density at radius 2 is 0.790 bits per heavy atom. The van der Waals surface area contributed by atoms with Gasteiger partial charge in [0.15, 0.2) is 17.5 Å². The van der Waals surface area contributed by atoms with Crippen LogP contribution in [0.4, 0.5) is 66.1 Å². The lowest BCUT2D eigenvalue weighted by Gasteiger charge is -2.36. The zero-order chi connectivity index (χ0) is 73.6. The Hall–Kier alpha value is -10.4. The normalized spacial score (nSPS) is 17.2. The van der Waals surface area contributed by atoms with Gasteiger partial charge in [0.2, 0.25) is 11.8 Å². The van der Waals surface area contributed by atoms with Crippen molar-refractivity contribution in [1.29, 1.82) is 0 Å². The summed E-state index contributed by atoms with van der Waals surface area (Å²) in [6, 6.07) is 25.4. The Bertz CT molecular complexity index is 4230. The summed E-state index contributed by atoms with van der Waals surface area (Å²) in [5.74, 6) is 2.82. The molecule has 0 saturated carbocycles. The van der Waals surface area contributed by atoms with Crippen molar-refractivity contribution in [3.63, 3.8) is 0 Å². The lowest BCUT2D eigenvalue weighted by atomic mass is 10.1. The molecule has 15 rings (SSSR count). The van der Waals surface area contributed by atoms with E-state index in [1.807, 2.05) is 75.4 Å². The monoisotopic (exact) mass is 1490 g/mol. The van der Waals surface area contributed by atoms with Gasteiger partial charge in [0, 0.05) is 140 Å². The molecule has 0 spiro atoms. The predicted molar refractivity (Wildman–Crippen MR) is 396 cm³/mol. The number of carbonyl (C=O) groups is 3. The lowest BCUT2D eigenvalue weighted by Crippen LogP contribution is -2.48. The largest absolute Gasteiger partial charge is 0.491 e. The van der Waals surface area contributed by atoms with Crippen molar-refractivity contribution in [2.45, 2.75) is 76.5 Å². The number of hydrogen-bond acceptors (Lipinski definition) is 24. The number of aryl methyl sites for hydroxylation is 3. The van der Waals surface area contributed by atoms with Gasteiger partial charge in [0.05, 0.1) is 87.2 Å². The number of hydrogen-bond donors (Lipinski definition) is 9. The van der Waals surface area contributed by atoms with Crippen molar-refractivity contribution < 1.29 is 59.2 Å². The minimum atomic E-state index is -1.01. The fraction of sp³-hybridized carbons (Fsp3) is 0.333. The van der Waals surface area contributed by atoms with Gasteiger partial charge in [0.1, 0.15) is 49.7 Å². The smallest absolute Gasteiger partial charge is 0.329 e. The SMILES string of the molecule is Cc1cc(-c2nc3c(cc2Cl)N2CC[C@@H](C2)N3C(=O)Nc2cc(OC[C@H](O)CO)ccn2)ccn1.Cc1cc(-c2nc3c(cc2Cl)N2CC[C@@H](C2)N3C(=O)Nc2ccnc(OC[C@@H](O)CO)c2)ccn1.Cc1cc(-c2nc3c(cc2Cl)N2CC[C@@H](C2)N3C(=O)Nc2ccnc(OC[C@H](O)CO)c2)ccn1. The first-order valence-corrected chi connectivity index (χ1v) is 35.0. The van der Waals surface area contributed by atoms with E-state index in [0.29, 0.717) is 92.2 Å². The van der Waals surface area contributed by atoms with Gasteiger partial charge < -0.3 is 70.2 Å². The molecule has 0 radical (unpaired) electrons. The summed E-state index contributed by atoms with van der Waals surface area (Å²) in [6.07, 6.45) is 9.05. The topological polar surface area (TPSA) is 372 Å². The van der Waals surface area contributed by atoms with Crippen LogP contribution in [0.2, 0.25) is 15.1 Å². The van der Waals surface area contributed by atoms with Crippen molar-refractivity contribution in [3.05, 3.63) is 160 Å². The molecule has 30 nitrogen and oxygen atoms in total. The number of aromatic nitrogens is 9. The molecule has 105 heavy (non-hydrogen) atoms. The van der Waals surface area contributed by atoms with Gasteiger partial charge in [-0.25, -0.2) is 44.3 Å². The lowest BCUT2D eigenvalue weighted by molar-refractivity contribution is 0.0521. The average molecular weight is 1490 g/mol. The van der Waals surface area contributed by atoms with Gasteiger partial charge in [-0.05, 0) is 113 Å². The van der Waals surface area contributed by atoms with E-state index >= 15 is 0 Å². The third-order valence-electron chi connectivity index (χ3n) is 18.1. The maximum atomic E-state index is 13.5. The number of ether oxygens (including phenoxy) is 3. The van der Waals surface area contributed by atoms with Gasteiger partial charge in [-0.15, -0.1) is 0 Å². The van der Waals surface area contributed by atoms with E-state index in [-0.39, 0.29) is 67.8 Å². The minimum absolute atomic E-state index is 0.0274. The van der Waals surface area contributed by atoms with Crippen LogP contribution >= 0.6 is 34.8 Å². The number of aliphatic hydroxyl groups is 6. The number of fused-ring (bicyclic) bond motifs is 12. The van der Waals surface area contributed by atoms with E-state index in [1.165, 1.54) is 18.6 Å². The molecule has 3 saturated heterocycles. The summed E-state index contributed by atoms with van der Waals surface area (Å²) in [5, 5.41) is 65.6. The van der Waals surface area contributed by atoms with Crippen molar-refractivity contribution in [1.82, 2.24) is 44.9 Å². The van der Waals surface area contributed by atoms with Crippen LogP contribution in [0.1, 0.15) is 36.3 Å². The van der Waals surface area contributed by atoms with E-state index in [0.717, 1.165) is 89.7 Å². The van der Waals surface area contributed by atoms with Crippen molar-refractivity contribution in [3.8, 4) is 51.3 Å². The molecule has 9 aromatic rings. The number of nitrogens with one attached hydrogen (secondary N) is 3. The van der Waals surface area contributed by atoms with Crippen LogP contribution in [-0.4, -0.2) is 209 Å². The van der Waals surface area contributed by atoms with E-state index in [9.17, 15) is 29.7 Å². The van der Waals surface area contributed by atoms with Crippen molar-refractivity contribution >= 4 is 105 Å². The molecule has 33 heteroatoms. The summed E-state index contributed by atoms with van der Waals surface area (Å²) >= 11 is 19.9.